The number of hydrogen-bond acceptors (Lipinski definition) is 4. The fourth-order valence-corrected chi connectivity index (χ4v) is 2.56. The van der Waals surface area contributed by atoms with E-state index in [9.17, 15) is 9.90 Å². The van der Waals surface area contributed by atoms with Gasteiger partial charge in [0, 0.05) is 23.8 Å². The number of aliphatic hydroxyl groups excluding tert-OH is 1. The first-order chi connectivity index (χ1) is 12.0. The molecule has 6 nitrogen and oxygen atoms in total. The van der Waals surface area contributed by atoms with Crippen molar-refractivity contribution >= 4 is 23.2 Å². The highest BCUT2D eigenvalue weighted by Crippen LogP contribution is 2.18. The fourth-order valence-electron chi connectivity index (χ4n) is 2.43. The normalized spacial score (nSPS) is 12.0. The van der Waals surface area contributed by atoms with Gasteiger partial charge in [-0.05, 0) is 36.8 Å². The Labute approximate surface area is 150 Å². The Morgan fingerprint density at radius 3 is 2.60 bits per heavy atom. The minimum atomic E-state index is -1.16. The standard InChI is InChI=1S/C18H17ClN4O2/c1-12-16(11-21-23(12)15-6-8-20-9-7-15)22-18(25)17(24)10-13-2-4-14(19)5-3-13/h2-9,11,17,24H,10H2,1H3,(H,22,25). The smallest absolute Gasteiger partial charge is 0.253 e. The summed E-state index contributed by atoms with van der Waals surface area (Å²) in [5.74, 6) is -0.479. The number of amides is 1. The van der Waals surface area contributed by atoms with Crippen LogP contribution >= 0.6 is 11.6 Å². The van der Waals surface area contributed by atoms with E-state index in [-0.39, 0.29) is 6.42 Å². The van der Waals surface area contributed by atoms with Crippen LogP contribution in [0, 0.1) is 6.92 Å². The molecule has 2 aromatic heterocycles. The van der Waals surface area contributed by atoms with Gasteiger partial charge in [0.05, 0.1) is 23.3 Å². The van der Waals surface area contributed by atoms with E-state index in [0.29, 0.717) is 10.7 Å². The summed E-state index contributed by atoms with van der Waals surface area (Å²) in [5, 5.41) is 17.7. The van der Waals surface area contributed by atoms with Gasteiger partial charge in [-0.15, -0.1) is 0 Å². The summed E-state index contributed by atoms with van der Waals surface area (Å²) >= 11 is 5.83. The molecule has 2 N–H and O–H groups in total. The molecule has 1 atom stereocenters. The quantitative estimate of drug-likeness (QED) is 0.736. The molecule has 0 saturated heterocycles. The molecule has 7 heteroatoms. The SMILES string of the molecule is Cc1c(NC(=O)C(O)Cc2ccc(Cl)cc2)cnn1-c1ccncc1. The molecule has 0 spiro atoms. The summed E-state index contributed by atoms with van der Waals surface area (Å²) in [6.45, 7) is 1.84. The third-order valence-electron chi connectivity index (χ3n) is 3.82. The van der Waals surface area contributed by atoms with E-state index in [2.05, 4.69) is 15.4 Å². The van der Waals surface area contributed by atoms with Crippen LogP contribution in [0.4, 0.5) is 5.69 Å². The molecule has 0 aliphatic carbocycles. The van der Waals surface area contributed by atoms with Crippen LogP contribution in [-0.2, 0) is 11.2 Å². The number of nitrogens with one attached hydrogen (secondary N) is 1. The van der Waals surface area contributed by atoms with Crippen LogP contribution in [0.2, 0.25) is 5.02 Å². The number of anilines is 1. The van der Waals surface area contributed by atoms with Crippen molar-refractivity contribution in [1.82, 2.24) is 14.8 Å². The van der Waals surface area contributed by atoms with Crippen LogP contribution in [-0.4, -0.2) is 31.9 Å². The summed E-state index contributed by atoms with van der Waals surface area (Å²) in [5.41, 5.74) is 2.99. The Hall–Kier alpha value is -2.70. The van der Waals surface area contributed by atoms with Gasteiger partial charge in [-0.25, -0.2) is 4.68 Å². The number of aromatic nitrogens is 3. The van der Waals surface area contributed by atoms with Crippen molar-refractivity contribution in [2.75, 3.05) is 5.32 Å². The molecule has 0 radical (unpaired) electrons. The van der Waals surface area contributed by atoms with Gasteiger partial charge < -0.3 is 10.4 Å². The molecule has 25 heavy (non-hydrogen) atoms. The Morgan fingerprint density at radius 1 is 1.24 bits per heavy atom. The lowest BCUT2D eigenvalue weighted by atomic mass is 10.1. The second-order valence-electron chi connectivity index (χ2n) is 5.60. The lowest BCUT2D eigenvalue weighted by Crippen LogP contribution is -2.29. The lowest BCUT2D eigenvalue weighted by molar-refractivity contribution is -0.123. The van der Waals surface area contributed by atoms with Crippen LogP contribution in [0.1, 0.15) is 11.3 Å². The second-order valence-corrected chi connectivity index (χ2v) is 6.03. The van der Waals surface area contributed by atoms with Gasteiger partial charge in [-0.1, -0.05) is 23.7 Å². The van der Waals surface area contributed by atoms with Crippen molar-refractivity contribution in [3.05, 3.63) is 71.3 Å². The zero-order valence-electron chi connectivity index (χ0n) is 13.6. The number of halogens is 1. The van der Waals surface area contributed by atoms with Gasteiger partial charge in [0.2, 0.25) is 0 Å². The first kappa shape index (κ1) is 17.1. The monoisotopic (exact) mass is 356 g/mol. The maximum absolute atomic E-state index is 12.2. The van der Waals surface area contributed by atoms with Gasteiger partial charge in [-0.2, -0.15) is 5.10 Å². The number of benzene rings is 1. The van der Waals surface area contributed by atoms with Crippen molar-refractivity contribution in [2.24, 2.45) is 0 Å². The molecular weight excluding hydrogens is 340 g/mol. The zero-order valence-corrected chi connectivity index (χ0v) is 14.3. The maximum atomic E-state index is 12.2. The number of pyridine rings is 1. The summed E-state index contributed by atoms with van der Waals surface area (Å²) in [7, 11) is 0. The average molecular weight is 357 g/mol. The van der Waals surface area contributed by atoms with E-state index in [1.807, 2.05) is 19.1 Å². The van der Waals surface area contributed by atoms with Crippen LogP contribution in [0.3, 0.4) is 0 Å². The van der Waals surface area contributed by atoms with Gasteiger partial charge in [0.15, 0.2) is 0 Å². The molecule has 3 rings (SSSR count). The zero-order chi connectivity index (χ0) is 17.8. The Kier molecular flexibility index (Phi) is 5.11. The number of carbonyl (C=O) groups excluding carboxylic acids is 1. The average Bonchev–Trinajstić information content (AvgIpc) is 2.98. The predicted molar refractivity (Wildman–Crippen MR) is 95.9 cm³/mol. The van der Waals surface area contributed by atoms with E-state index in [0.717, 1.165) is 16.9 Å². The van der Waals surface area contributed by atoms with Crippen LogP contribution in [0.5, 0.6) is 0 Å². The second kappa shape index (κ2) is 7.46. The van der Waals surface area contributed by atoms with Crippen molar-refractivity contribution in [3.63, 3.8) is 0 Å². The van der Waals surface area contributed by atoms with E-state index >= 15 is 0 Å². The molecule has 0 aliphatic heterocycles. The topological polar surface area (TPSA) is 80.0 Å². The van der Waals surface area contributed by atoms with E-state index in [4.69, 9.17) is 11.6 Å². The highest BCUT2D eigenvalue weighted by Gasteiger charge is 2.18. The molecule has 0 aliphatic rings. The van der Waals surface area contributed by atoms with Gasteiger partial charge >= 0.3 is 0 Å². The molecule has 2 heterocycles. The molecule has 1 amide bonds. The van der Waals surface area contributed by atoms with E-state index in [1.54, 1.807) is 47.5 Å². The highest BCUT2D eigenvalue weighted by atomic mass is 35.5. The number of aliphatic hydroxyl groups is 1. The molecule has 0 bridgehead atoms. The maximum Gasteiger partial charge on any atom is 0.253 e. The van der Waals surface area contributed by atoms with Gasteiger partial charge in [0.1, 0.15) is 6.10 Å². The van der Waals surface area contributed by atoms with Crippen LogP contribution in [0.25, 0.3) is 5.69 Å². The largest absolute Gasteiger partial charge is 0.383 e. The summed E-state index contributed by atoms with van der Waals surface area (Å²) < 4.78 is 1.70. The van der Waals surface area contributed by atoms with Crippen molar-refractivity contribution in [3.8, 4) is 5.69 Å². The Bertz CT molecular complexity index is 863. The molecule has 128 valence electrons. The summed E-state index contributed by atoms with van der Waals surface area (Å²) in [6.07, 6.45) is 3.95. The fraction of sp³-hybridized carbons (Fsp3) is 0.167. The number of nitrogens with zero attached hydrogens (tertiary/aromatic N) is 3. The van der Waals surface area contributed by atoms with E-state index in [1.165, 1.54) is 0 Å². The molecule has 1 unspecified atom stereocenters. The molecule has 3 aromatic rings. The molecule has 1 aromatic carbocycles. The van der Waals surface area contributed by atoms with E-state index < -0.39 is 12.0 Å². The van der Waals surface area contributed by atoms with Crippen LogP contribution < -0.4 is 5.32 Å². The van der Waals surface area contributed by atoms with Gasteiger partial charge in [0.25, 0.3) is 5.91 Å². The van der Waals surface area contributed by atoms with Crippen molar-refractivity contribution < 1.29 is 9.90 Å². The number of hydrogen-bond donors (Lipinski definition) is 2. The first-order valence-corrected chi connectivity index (χ1v) is 8.11. The highest BCUT2D eigenvalue weighted by molar-refractivity contribution is 6.30. The number of carbonyl (C=O) groups is 1. The number of rotatable bonds is 5. The third-order valence-corrected chi connectivity index (χ3v) is 4.07. The lowest BCUT2D eigenvalue weighted by Gasteiger charge is -2.11. The summed E-state index contributed by atoms with van der Waals surface area (Å²) in [6, 6.07) is 10.7. The van der Waals surface area contributed by atoms with Crippen molar-refractivity contribution in [2.45, 2.75) is 19.4 Å². The Balaban J connectivity index is 1.68. The van der Waals surface area contributed by atoms with Gasteiger partial charge in [-0.3, -0.25) is 9.78 Å². The molecular formula is C18H17ClN4O2. The van der Waals surface area contributed by atoms with Crippen LogP contribution in [0.15, 0.2) is 55.0 Å². The molecule has 0 fully saturated rings. The Morgan fingerprint density at radius 2 is 1.92 bits per heavy atom. The predicted octanol–water partition coefficient (Wildman–Crippen LogP) is 2.77. The first-order valence-electron chi connectivity index (χ1n) is 7.73. The third kappa shape index (κ3) is 4.04. The minimum Gasteiger partial charge on any atom is -0.383 e. The minimum absolute atomic E-state index is 0.209. The summed E-state index contributed by atoms with van der Waals surface area (Å²) in [4.78, 5) is 16.2. The van der Waals surface area contributed by atoms with Crippen molar-refractivity contribution in [1.29, 1.82) is 0 Å². The molecule has 0 saturated carbocycles.